The number of β-lactam (4-membered cyclic amide) rings is 1. The first-order chi connectivity index (χ1) is 8.45. The normalized spacial score (nSPS) is 22.6. The summed E-state index contributed by atoms with van der Waals surface area (Å²) in [6.45, 7) is 2.70. The van der Waals surface area contributed by atoms with Crippen molar-refractivity contribution in [1.82, 2.24) is 4.90 Å². The number of likely N-dealkylation sites (tertiary alicyclic amines) is 1. The molecule has 1 aliphatic heterocycles. The lowest BCUT2D eigenvalue weighted by molar-refractivity contribution is -0.156. The van der Waals surface area contributed by atoms with E-state index in [1.165, 1.54) is 30.1 Å². The molecule has 0 radical (unpaired) electrons. The van der Waals surface area contributed by atoms with Gasteiger partial charge in [0.2, 0.25) is 11.8 Å². The zero-order chi connectivity index (χ0) is 13.4. The van der Waals surface area contributed by atoms with Crippen molar-refractivity contribution >= 4 is 47.4 Å². The summed E-state index contributed by atoms with van der Waals surface area (Å²) in [6.07, 6.45) is 0. The van der Waals surface area contributed by atoms with Crippen LogP contribution in [0.3, 0.4) is 0 Å². The summed E-state index contributed by atoms with van der Waals surface area (Å²) in [5.41, 5.74) is 0.660. The Bertz CT molecular complexity index is 500. The number of hydrogen-bond acceptors (Lipinski definition) is 5. The average molecular weight is 284 g/mol. The topological polar surface area (TPSA) is 57.7 Å². The zero-order valence-electron chi connectivity index (χ0n) is 9.86. The Hall–Kier alpha value is -1.34. The molecule has 1 aliphatic rings. The van der Waals surface area contributed by atoms with Crippen LogP contribution in [-0.2, 0) is 14.4 Å². The SMILES string of the molecule is CC(=O)N1C(=O)C(N(C(C)=O)c2ccsc2)C1S. The van der Waals surface area contributed by atoms with Crippen LogP contribution in [-0.4, -0.2) is 34.0 Å². The van der Waals surface area contributed by atoms with Crippen LogP contribution in [0.25, 0.3) is 0 Å². The highest BCUT2D eigenvalue weighted by molar-refractivity contribution is 7.81. The molecule has 3 amide bonds. The predicted octanol–water partition coefficient (Wildman–Crippen LogP) is 1.11. The minimum absolute atomic E-state index is 0.242. The Morgan fingerprint density at radius 3 is 2.50 bits per heavy atom. The second-order valence-electron chi connectivity index (χ2n) is 3.96. The van der Waals surface area contributed by atoms with E-state index in [1.807, 2.05) is 5.38 Å². The lowest BCUT2D eigenvalue weighted by atomic mass is 10.0. The Balaban J connectivity index is 2.28. The van der Waals surface area contributed by atoms with Gasteiger partial charge in [-0.2, -0.15) is 24.0 Å². The fourth-order valence-electron chi connectivity index (χ4n) is 1.98. The molecule has 1 aromatic heterocycles. The maximum atomic E-state index is 11.9. The summed E-state index contributed by atoms with van der Waals surface area (Å²) in [5, 5.41) is 3.02. The van der Waals surface area contributed by atoms with Crippen LogP contribution in [0.5, 0.6) is 0 Å². The number of thiol groups is 1. The van der Waals surface area contributed by atoms with E-state index in [-0.39, 0.29) is 17.7 Å². The maximum absolute atomic E-state index is 11.9. The fraction of sp³-hybridized carbons (Fsp3) is 0.364. The highest BCUT2D eigenvalue weighted by atomic mass is 32.1. The Morgan fingerprint density at radius 1 is 1.44 bits per heavy atom. The van der Waals surface area contributed by atoms with Crippen LogP contribution in [0.15, 0.2) is 16.8 Å². The molecule has 2 unspecified atom stereocenters. The molecule has 0 saturated carbocycles. The van der Waals surface area contributed by atoms with Crippen LogP contribution in [0.2, 0.25) is 0 Å². The van der Waals surface area contributed by atoms with Crippen LogP contribution in [0.4, 0.5) is 5.69 Å². The second kappa shape index (κ2) is 4.74. The van der Waals surface area contributed by atoms with Crippen LogP contribution >= 0.6 is 24.0 Å². The highest BCUT2D eigenvalue weighted by Gasteiger charge is 2.52. The number of carbonyl (C=O) groups excluding carboxylic acids is 3. The number of rotatable bonds is 2. The molecular weight excluding hydrogens is 272 g/mol. The number of anilines is 1. The molecule has 1 fully saturated rings. The number of thiophene rings is 1. The Kier molecular flexibility index (Phi) is 3.45. The minimum atomic E-state index is -0.704. The Morgan fingerprint density at radius 2 is 2.11 bits per heavy atom. The van der Waals surface area contributed by atoms with Gasteiger partial charge < -0.3 is 0 Å². The fourth-order valence-corrected chi connectivity index (χ4v) is 3.14. The van der Waals surface area contributed by atoms with Crippen molar-refractivity contribution in [3.63, 3.8) is 0 Å². The molecule has 2 atom stereocenters. The van der Waals surface area contributed by atoms with Gasteiger partial charge in [0.15, 0.2) is 0 Å². The van der Waals surface area contributed by atoms with Crippen molar-refractivity contribution in [1.29, 1.82) is 0 Å². The summed E-state index contributed by atoms with van der Waals surface area (Å²) >= 11 is 5.67. The van der Waals surface area contributed by atoms with Gasteiger partial charge in [-0.1, -0.05) is 0 Å². The molecule has 2 heterocycles. The molecule has 0 N–H and O–H groups in total. The van der Waals surface area contributed by atoms with Crippen molar-refractivity contribution in [3.8, 4) is 0 Å². The zero-order valence-corrected chi connectivity index (χ0v) is 11.6. The summed E-state index contributed by atoms with van der Waals surface area (Å²) in [4.78, 5) is 37.3. The van der Waals surface area contributed by atoms with Crippen LogP contribution in [0.1, 0.15) is 13.8 Å². The van der Waals surface area contributed by atoms with E-state index in [4.69, 9.17) is 0 Å². The Labute approximate surface area is 114 Å². The van der Waals surface area contributed by atoms with Crippen molar-refractivity contribution in [2.24, 2.45) is 0 Å². The van der Waals surface area contributed by atoms with E-state index in [2.05, 4.69) is 12.6 Å². The number of imide groups is 1. The van der Waals surface area contributed by atoms with Gasteiger partial charge in [0.1, 0.15) is 11.4 Å². The van der Waals surface area contributed by atoms with E-state index in [9.17, 15) is 14.4 Å². The van der Waals surface area contributed by atoms with Gasteiger partial charge in [-0.25, -0.2) is 0 Å². The molecule has 18 heavy (non-hydrogen) atoms. The molecule has 0 bridgehead atoms. The quantitative estimate of drug-likeness (QED) is 0.654. The number of amides is 3. The number of hydrogen-bond donors (Lipinski definition) is 1. The van der Waals surface area contributed by atoms with Gasteiger partial charge in [-0.05, 0) is 11.4 Å². The number of nitrogens with zero attached hydrogens (tertiary/aromatic N) is 2. The highest BCUT2D eigenvalue weighted by Crippen LogP contribution is 2.32. The second-order valence-corrected chi connectivity index (χ2v) is 5.27. The first-order valence-electron chi connectivity index (χ1n) is 5.29. The smallest absolute Gasteiger partial charge is 0.256 e. The molecule has 1 saturated heterocycles. The summed E-state index contributed by atoms with van der Waals surface area (Å²) in [5.74, 6) is -0.983. The summed E-state index contributed by atoms with van der Waals surface area (Å²) in [6, 6.07) is 1.06. The van der Waals surface area contributed by atoms with Gasteiger partial charge in [-0.15, -0.1) is 0 Å². The molecule has 0 aliphatic carbocycles. The molecule has 0 spiro atoms. The van der Waals surface area contributed by atoms with E-state index >= 15 is 0 Å². The third-order valence-electron chi connectivity index (χ3n) is 2.78. The summed E-state index contributed by atoms with van der Waals surface area (Å²) < 4.78 is 0. The molecule has 0 aromatic carbocycles. The lowest BCUT2D eigenvalue weighted by Gasteiger charge is -2.46. The molecule has 2 rings (SSSR count). The first-order valence-corrected chi connectivity index (χ1v) is 6.74. The predicted molar refractivity (Wildman–Crippen MR) is 71.6 cm³/mol. The molecule has 5 nitrogen and oxygen atoms in total. The molecule has 1 aromatic rings. The average Bonchev–Trinajstić information content (AvgIpc) is 2.77. The van der Waals surface area contributed by atoms with E-state index in [1.54, 1.807) is 11.4 Å². The van der Waals surface area contributed by atoms with Crippen LogP contribution < -0.4 is 4.90 Å². The standard InChI is InChI=1S/C11H12N2O3S2/c1-6(14)12(8-3-4-18-5-8)9-10(16)13(7(2)15)11(9)17/h3-5,9,11,17H,1-2H3. The van der Waals surface area contributed by atoms with Crippen LogP contribution in [0, 0.1) is 0 Å². The van der Waals surface area contributed by atoms with Gasteiger partial charge >= 0.3 is 0 Å². The lowest BCUT2D eigenvalue weighted by Crippen LogP contribution is -2.70. The maximum Gasteiger partial charge on any atom is 0.256 e. The van der Waals surface area contributed by atoms with Crippen molar-refractivity contribution in [3.05, 3.63) is 16.8 Å². The third-order valence-corrected chi connectivity index (χ3v) is 3.96. The largest absolute Gasteiger partial charge is 0.296 e. The van der Waals surface area contributed by atoms with Gasteiger partial charge in [0.05, 0.1) is 5.69 Å². The van der Waals surface area contributed by atoms with Crippen molar-refractivity contribution in [2.45, 2.75) is 25.3 Å². The van der Waals surface area contributed by atoms with Crippen molar-refractivity contribution < 1.29 is 14.4 Å². The van der Waals surface area contributed by atoms with E-state index in [0.717, 1.165) is 4.90 Å². The minimum Gasteiger partial charge on any atom is -0.296 e. The molecule has 7 heteroatoms. The summed E-state index contributed by atoms with van der Waals surface area (Å²) in [7, 11) is 0. The molecule has 96 valence electrons. The monoisotopic (exact) mass is 284 g/mol. The third kappa shape index (κ3) is 1.93. The molecular formula is C11H12N2O3S2. The van der Waals surface area contributed by atoms with Gasteiger partial charge in [0, 0.05) is 19.2 Å². The first kappa shape index (κ1) is 13.1. The van der Waals surface area contributed by atoms with Gasteiger partial charge in [-0.3, -0.25) is 24.2 Å². The van der Waals surface area contributed by atoms with E-state index in [0.29, 0.717) is 5.69 Å². The van der Waals surface area contributed by atoms with Crippen molar-refractivity contribution in [2.75, 3.05) is 4.90 Å². The van der Waals surface area contributed by atoms with Gasteiger partial charge in [0.25, 0.3) is 5.91 Å². The van der Waals surface area contributed by atoms with E-state index < -0.39 is 11.4 Å². The number of carbonyl (C=O) groups is 3.